The molecule has 0 aromatic carbocycles. The summed E-state index contributed by atoms with van der Waals surface area (Å²) in [4.78, 5) is 19.0. The zero-order valence-corrected chi connectivity index (χ0v) is 19.2. The lowest BCUT2D eigenvalue weighted by molar-refractivity contribution is 0.159. The van der Waals surface area contributed by atoms with Gasteiger partial charge in [-0.25, -0.2) is 4.79 Å². The van der Waals surface area contributed by atoms with Crippen LogP contribution in [0.3, 0.4) is 0 Å². The second-order valence-corrected chi connectivity index (χ2v) is 9.81. The fraction of sp³-hybridized carbons (Fsp3) is 0.783. The summed E-state index contributed by atoms with van der Waals surface area (Å²) in [7, 11) is 0. The van der Waals surface area contributed by atoms with Crippen LogP contribution in [0.2, 0.25) is 0 Å². The largest absolute Gasteiger partial charge is 0.338 e. The molecule has 1 atom stereocenters. The number of likely N-dealkylation sites (tertiary alicyclic amines) is 2. The maximum atomic E-state index is 12.4. The van der Waals surface area contributed by atoms with Gasteiger partial charge in [0.05, 0.1) is 0 Å². The molecular weight excluding hydrogens is 380 g/mol. The van der Waals surface area contributed by atoms with Crippen LogP contribution >= 0.6 is 11.3 Å². The Kier molecular flexibility index (Phi) is 9.28. The van der Waals surface area contributed by atoms with E-state index in [1.165, 1.54) is 56.5 Å². The van der Waals surface area contributed by atoms with Crippen LogP contribution < -0.4 is 10.6 Å². The lowest BCUT2D eigenvalue weighted by Gasteiger charge is -2.34. The van der Waals surface area contributed by atoms with E-state index >= 15 is 0 Å². The minimum absolute atomic E-state index is 0.0150. The van der Waals surface area contributed by atoms with Crippen molar-refractivity contribution in [1.29, 1.82) is 0 Å². The molecule has 164 valence electrons. The van der Waals surface area contributed by atoms with Gasteiger partial charge in [-0.3, -0.25) is 9.80 Å². The quantitative estimate of drug-likeness (QED) is 0.597. The monoisotopic (exact) mass is 420 g/mol. The summed E-state index contributed by atoms with van der Waals surface area (Å²) in [6.07, 6.45) is 7.32. The van der Waals surface area contributed by atoms with Crippen molar-refractivity contribution < 1.29 is 4.79 Å². The smallest absolute Gasteiger partial charge is 0.314 e. The Labute approximate surface area is 181 Å². The number of carbonyl (C=O) groups excluding carboxylic acids is 1. The van der Waals surface area contributed by atoms with Gasteiger partial charge in [0.15, 0.2) is 0 Å². The predicted molar refractivity (Wildman–Crippen MR) is 122 cm³/mol. The van der Waals surface area contributed by atoms with Crippen LogP contribution in [-0.2, 0) is 6.54 Å². The van der Waals surface area contributed by atoms with Crippen molar-refractivity contribution in [2.75, 3.05) is 39.3 Å². The maximum Gasteiger partial charge on any atom is 0.314 e. The highest BCUT2D eigenvalue weighted by Gasteiger charge is 2.28. The average Bonchev–Trinajstić information content (AvgIpc) is 3.45. The van der Waals surface area contributed by atoms with Crippen molar-refractivity contribution in [3.63, 3.8) is 0 Å². The highest BCUT2D eigenvalue weighted by Crippen LogP contribution is 2.23. The summed E-state index contributed by atoms with van der Waals surface area (Å²) in [6, 6.07) is 4.85. The van der Waals surface area contributed by atoms with Gasteiger partial charge < -0.3 is 10.6 Å². The molecule has 3 heterocycles. The number of nitrogens with zero attached hydrogens (tertiary/aromatic N) is 2. The SMILES string of the molecule is CCC(CC)[C@@H](CNC(=O)NCC1CCN(Cc2cccs2)CC1)N1CCCC1. The molecule has 2 aliphatic rings. The molecule has 3 rings (SSSR count). The number of thiophene rings is 1. The van der Waals surface area contributed by atoms with Crippen LogP contribution in [0.4, 0.5) is 4.79 Å². The van der Waals surface area contributed by atoms with Gasteiger partial charge in [0.2, 0.25) is 0 Å². The Morgan fingerprint density at radius 2 is 1.86 bits per heavy atom. The molecule has 1 aromatic rings. The molecule has 0 saturated carbocycles. The fourth-order valence-electron chi connectivity index (χ4n) is 4.97. The normalized spacial score (nSPS) is 20.2. The predicted octanol–water partition coefficient (Wildman–Crippen LogP) is 4.16. The molecule has 0 spiro atoms. The number of piperidine rings is 1. The molecule has 5 nitrogen and oxygen atoms in total. The Morgan fingerprint density at radius 3 is 2.48 bits per heavy atom. The van der Waals surface area contributed by atoms with Gasteiger partial charge in [-0.2, -0.15) is 0 Å². The zero-order valence-electron chi connectivity index (χ0n) is 18.4. The Morgan fingerprint density at radius 1 is 1.14 bits per heavy atom. The molecule has 2 N–H and O–H groups in total. The average molecular weight is 421 g/mol. The number of nitrogens with one attached hydrogen (secondary N) is 2. The van der Waals surface area contributed by atoms with E-state index in [2.05, 4.69) is 51.8 Å². The molecule has 2 aliphatic heterocycles. The van der Waals surface area contributed by atoms with Crippen LogP contribution in [-0.4, -0.2) is 61.1 Å². The molecule has 29 heavy (non-hydrogen) atoms. The first-order chi connectivity index (χ1) is 14.2. The second-order valence-electron chi connectivity index (χ2n) is 8.78. The van der Waals surface area contributed by atoms with E-state index in [9.17, 15) is 4.79 Å². The van der Waals surface area contributed by atoms with E-state index in [1.54, 1.807) is 0 Å². The number of urea groups is 1. The minimum atomic E-state index is 0.0150. The summed E-state index contributed by atoms with van der Waals surface area (Å²) in [5, 5.41) is 8.49. The number of amides is 2. The number of hydrogen-bond donors (Lipinski definition) is 2. The topological polar surface area (TPSA) is 47.6 Å². The first-order valence-corrected chi connectivity index (χ1v) is 12.6. The molecule has 2 saturated heterocycles. The first-order valence-electron chi connectivity index (χ1n) is 11.7. The third-order valence-electron chi connectivity index (χ3n) is 6.89. The minimum Gasteiger partial charge on any atom is -0.338 e. The first kappa shape index (κ1) is 22.6. The van der Waals surface area contributed by atoms with Crippen LogP contribution in [0.5, 0.6) is 0 Å². The molecule has 2 amide bonds. The zero-order chi connectivity index (χ0) is 20.5. The van der Waals surface area contributed by atoms with Crippen molar-refractivity contribution in [1.82, 2.24) is 20.4 Å². The van der Waals surface area contributed by atoms with E-state index in [-0.39, 0.29) is 6.03 Å². The Hall–Kier alpha value is -1.11. The standard InChI is InChI=1S/C23H40N4OS/c1-3-20(4-2)22(27-11-5-6-12-27)17-25-23(28)24-16-19-9-13-26(14-10-19)18-21-8-7-15-29-21/h7-8,15,19-20,22H,3-6,9-14,16-18H2,1-2H3,(H2,24,25,28)/t22-/m1/s1. The van der Waals surface area contributed by atoms with Gasteiger partial charge in [0, 0.05) is 30.6 Å². The molecule has 6 heteroatoms. The van der Waals surface area contributed by atoms with E-state index < -0.39 is 0 Å². The Balaban J connectivity index is 1.35. The highest BCUT2D eigenvalue weighted by molar-refractivity contribution is 7.09. The molecule has 0 bridgehead atoms. The van der Waals surface area contributed by atoms with Gasteiger partial charge in [-0.15, -0.1) is 11.3 Å². The molecule has 0 unspecified atom stereocenters. The van der Waals surface area contributed by atoms with Gasteiger partial charge >= 0.3 is 6.03 Å². The Bertz CT molecular complexity index is 574. The van der Waals surface area contributed by atoms with Crippen LogP contribution in [0, 0.1) is 11.8 Å². The van der Waals surface area contributed by atoms with Crippen molar-refractivity contribution in [2.45, 2.75) is 65.0 Å². The maximum absolute atomic E-state index is 12.4. The summed E-state index contributed by atoms with van der Waals surface area (Å²) >= 11 is 1.84. The van der Waals surface area contributed by atoms with Crippen molar-refractivity contribution >= 4 is 17.4 Å². The molecule has 0 radical (unpaired) electrons. The fourth-order valence-corrected chi connectivity index (χ4v) is 5.71. The molecular formula is C23H40N4OS. The summed E-state index contributed by atoms with van der Waals surface area (Å²) in [5.74, 6) is 1.27. The summed E-state index contributed by atoms with van der Waals surface area (Å²) in [6.45, 7) is 11.9. The number of carbonyl (C=O) groups is 1. The van der Waals surface area contributed by atoms with Crippen LogP contribution in [0.15, 0.2) is 17.5 Å². The van der Waals surface area contributed by atoms with E-state index in [0.29, 0.717) is 17.9 Å². The van der Waals surface area contributed by atoms with E-state index in [0.717, 1.165) is 32.7 Å². The summed E-state index contributed by atoms with van der Waals surface area (Å²) in [5.41, 5.74) is 0. The van der Waals surface area contributed by atoms with Crippen LogP contribution in [0.1, 0.15) is 57.2 Å². The number of rotatable bonds is 10. The number of hydrogen-bond acceptors (Lipinski definition) is 4. The van der Waals surface area contributed by atoms with Gasteiger partial charge in [0.25, 0.3) is 0 Å². The van der Waals surface area contributed by atoms with Gasteiger partial charge in [-0.1, -0.05) is 32.8 Å². The van der Waals surface area contributed by atoms with Crippen molar-refractivity contribution in [3.05, 3.63) is 22.4 Å². The molecule has 1 aromatic heterocycles. The van der Waals surface area contributed by atoms with Gasteiger partial charge in [0.1, 0.15) is 0 Å². The highest BCUT2D eigenvalue weighted by atomic mass is 32.1. The van der Waals surface area contributed by atoms with Crippen LogP contribution in [0.25, 0.3) is 0 Å². The van der Waals surface area contributed by atoms with Crippen molar-refractivity contribution in [3.8, 4) is 0 Å². The second kappa shape index (κ2) is 11.9. The molecule has 2 fully saturated rings. The van der Waals surface area contributed by atoms with E-state index in [4.69, 9.17) is 0 Å². The van der Waals surface area contributed by atoms with Gasteiger partial charge in [-0.05, 0) is 75.1 Å². The van der Waals surface area contributed by atoms with E-state index in [1.807, 2.05) is 11.3 Å². The van der Waals surface area contributed by atoms with Crippen molar-refractivity contribution in [2.24, 2.45) is 11.8 Å². The third kappa shape index (κ3) is 6.97. The lowest BCUT2D eigenvalue weighted by atomic mass is 9.93. The molecule has 0 aliphatic carbocycles. The lowest BCUT2D eigenvalue weighted by Crippen LogP contribution is -2.49. The third-order valence-corrected chi connectivity index (χ3v) is 7.75. The summed E-state index contributed by atoms with van der Waals surface area (Å²) < 4.78 is 0.